The monoisotopic (exact) mass is 269 g/mol. The highest BCUT2D eigenvalue weighted by Gasteiger charge is 2.23. The van der Waals surface area contributed by atoms with Crippen LogP contribution in [0.3, 0.4) is 0 Å². The quantitative estimate of drug-likeness (QED) is 0.715. The molecule has 0 unspecified atom stereocenters. The summed E-state index contributed by atoms with van der Waals surface area (Å²) in [7, 11) is 4.21. The maximum Gasteiger partial charge on any atom is 0.0364 e. The van der Waals surface area contributed by atoms with Gasteiger partial charge in [-0.2, -0.15) is 0 Å². The normalized spacial score (nSPS) is 15.7. The fraction of sp³-hybridized carbons (Fsp3) is 0.474. The van der Waals surface area contributed by atoms with E-state index in [0.29, 0.717) is 0 Å². The van der Waals surface area contributed by atoms with Gasteiger partial charge in [-0.05, 0) is 60.1 Å². The summed E-state index contributed by atoms with van der Waals surface area (Å²) >= 11 is 0. The number of benzene rings is 1. The van der Waals surface area contributed by atoms with Crippen molar-refractivity contribution in [3.63, 3.8) is 0 Å². The van der Waals surface area contributed by atoms with Crippen molar-refractivity contribution < 1.29 is 0 Å². The molecule has 0 spiro atoms. The first-order valence-electron chi connectivity index (χ1n) is 7.39. The molecule has 0 N–H and O–H groups in total. The van der Waals surface area contributed by atoms with Crippen LogP contribution in [0, 0.1) is 0 Å². The first kappa shape index (κ1) is 14.9. The summed E-state index contributed by atoms with van der Waals surface area (Å²) in [6, 6.07) is 6.89. The summed E-state index contributed by atoms with van der Waals surface area (Å²) in [5.74, 6) is 0. The van der Waals surface area contributed by atoms with Crippen molar-refractivity contribution in [3.05, 3.63) is 46.5 Å². The number of nitrogens with zero attached hydrogens (tertiary/aromatic N) is 1. The van der Waals surface area contributed by atoms with Crippen LogP contribution in [-0.2, 0) is 5.41 Å². The number of rotatable bonds is 2. The van der Waals surface area contributed by atoms with Gasteiger partial charge in [0.25, 0.3) is 0 Å². The largest absolute Gasteiger partial charge is 0.378 e. The third kappa shape index (κ3) is 2.82. The Morgan fingerprint density at radius 1 is 1.05 bits per heavy atom. The fourth-order valence-electron chi connectivity index (χ4n) is 2.93. The predicted molar refractivity (Wildman–Crippen MR) is 90.4 cm³/mol. The van der Waals surface area contributed by atoms with Crippen molar-refractivity contribution in [1.82, 2.24) is 0 Å². The Bertz CT molecular complexity index is 580. The molecule has 0 aromatic heterocycles. The molecule has 0 amide bonds. The second-order valence-corrected chi connectivity index (χ2v) is 7.20. The Kier molecular flexibility index (Phi) is 3.82. The molecule has 20 heavy (non-hydrogen) atoms. The van der Waals surface area contributed by atoms with Gasteiger partial charge in [0.05, 0.1) is 0 Å². The lowest BCUT2D eigenvalue weighted by molar-refractivity contribution is 0.588. The van der Waals surface area contributed by atoms with E-state index in [9.17, 15) is 0 Å². The number of allylic oxidation sites excluding steroid dienone is 4. The van der Waals surface area contributed by atoms with E-state index in [0.717, 1.165) is 6.42 Å². The Morgan fingerprint density at radius 3 is 2.15 bits per heavy atom. The summed E-state index contributed by atoms with van der Waals surface area (Å²) in [6.07, 6.45) is 3.41. The fourth-order valence-corrected chi connectivity index (χ4v) is 2.93. The minimum absolute atomic E-state index is 0.158. The molecule has 1 nitrogen and oxygen atoms in total. The first-order chi connectivity index (χ1) is 9.20. The number of hydrogen-bond acceptors (Lipinski definition) is 1. The Labute approximate surface area is 124 Å². The van der Waals surface area contributed by atoms with Gasteiger partial charge in [0.1, 0.15) is 0 Å². The minimum atomic E-state index is 0.158. The zero-order valence-electron chi connectivity index (χ0n) is 14.0. The lowest BCUT2D eigenvalue weighted by Gasteiger charge is -2.26. The zero-order valence-corrected chi connectivity index (χ0v) is 14.0. The molecule has 0 fully saturated rings. The third-order valence-corrected chi connectivity index (χ3v) is 4.05. The van der Waals surface area contributed by atoms with Crippen LogP contribution >= 0.6 is 0 Å². The average Bonchev–Trinajstić information content (AvgIpc) is 2.66. The molecule has 0 atom stereocenters. The van der Waals surface area contributed by atoms with Gasteiger partial charge >= 0.3 is 0 Å². The van der Waals surface area contributed by atoms with Gasteiger partial charge in [0, 0.05) is 19.8 Å². The average molecular weight is 269 g/mol. The molecular weight excluding hydrogens is 242 g/mol. The van der Waals surface area contributed by atoms with E-state index in [4.69, 9.17) is 0 Å². The van der Waals surface area contributed by atoms with E-state index < -0.39 is 0 Å². The summed E-state index contributed by atoms with van der Waals surface area (Å²) < 4.78 is 0. The van der Waals surface area contributed by atoms with Gasteiger partial charge in [0.15, 0.2) is 0 Å². The van der Waals surface area contributed by atoms with Crippen LogP contribution in [0.1, 0.15) is 52.2 Å². The molecule has 0 bridgehead atoms. The standard InChI is InChI=1S/C19H27N/c1-13-10-14(2)17(11-13)16-9-8-15(20(6)7)12-18(16)19(3,4)5/h8-10,12H,11H2,1-7H3. The van der Waals surface area contributed by atoms with Crippen LogP contribution in [0.2, 0.25) is 0 Å². The zero-order chi connectivity index (χ0) is 15.1. The van der Waals surface area contributed by atoms with Crippen molar-refractivity contribution in [1.29, 1.82) is 0 Å². The highest BCUT2D eigenvalue weighted by molar-refractivity contribution is 5.79. The number of hydrogen-bond donors (Lipinski definition) is 0. The summed E-state index contributed by atoms with van der Waals surface area (Å²) in [5, 5.41) is 0. The van der Waals surface area contributed by atoms with Gasteiger partial charge < -0.3 is 4.90 Å². The van der Waals surface area contributed by atoms with Crippen LogP contribution in [0.15, 0.2) is 35.4 Å². The Hall–Kier alpha value is -1.50. The number of anilines is 1. The summed E-state index contributed by atoms with van der Waals surface area (Å²) in [4.78, 5) is 2.18. The second kappa shape index (κ2) is 5.12. The molecule has 0 aliphatic heterocycles. The van der Waals surface area contributed by atoms with Crippen LogP contribution in [0.4, 0.5) is 5.69 Å². The van der Waals surface area contributed by atoms with Crippen molar-refractivity contribution in [2.24, 2.45) is 0 Å². The molecule has 1 aliphatic carbocycles. The van der Waals surface area contributed by atoms with E-state index in [2.05, 4.69) is 77.9 Å². The van der Waals surface area contributed by atoms with Crippen molar-refractivity contribution in [3.8, 4) is 0 Å². The van der Waals surface area contributed by atoms with E-state index in [1.807, 2.05) is 0 Å². The second-order valence-electron chi connectivity index (χ2n) is 7.20. The SMILES string of the molecule is CC1=CC(C)=C(c2ccc(N(C)C)cc2C(C)(C)C)C1. The van der Waals surface area contributed by atoms with E-state index in [-0.39, 0.29) is 5.41 Å². The molecule has 108 valence electrons. The molecule has 0 heterocycles. The van der Waals surface area contributed by atoms with Gasteiger partial charge in [-0.25, -0.2) is 0 Å². The Morgan fingerprint density at radius 2 is 1.70 bits per heavy atom. The van der Waals surface area contributed by atoms with Crippen molar-refractivity contribution in [2.75, 3.05) is 19.0 Å². The van der Waals surface area contributed by atoms with Crippen LogP contribution < -0.4 is 4.90 Å². The topological polar surface area (TPSA) is 3.24 Å². The van der Waals surface area contributed by atoms with Crippen molar-refractivity contribution >= 4 is 11.3 Å². The highest BCUT2D eigenvalue weighted by Crippen LogP contribution is 2.39. The molecular formula is C19H27N. The molecule has 1 heteroatoms. The molecule has 0 saturated heterocycles. The lowest BCUT2D eigenvalue weighted by atomic mass is 9.80. The lowest BCUT2D eigenvalue weighted by Crippen LogP contribution is -2.16. The minimum Gasteiger partial charge on any atom is -0.378 e. The smallest absolute Gasteiger partial charge is 0.0364 e. The molecule has 0 radical (unpaired) electrons. The third-order valence-electron chi connectivity index (χ3n) is 4.05. The van der Waals surface area contributed by atoms with Crippen molar-refractivity contribution in [2.45, 2.75) is 46.5 Å². The van der Waals surface area contributed by atoms with Gasteiger partial charge in [-0.15, -0.1) is 0 Å². The molecule has 2 rings (SSSR count). The Balaban J connectivity index is 2.57. The summed E-state index contributed by atoms with van der Waals surface area (Å²) in [5.41, 5.74) is 8.69. The molecule has 1 aromatic rings. The first-order valence-corrected chi connectivity index (χ1v) is 7.39. The maximum atomic E-state index is 2.35. The van der Waals surface area contributed by atoms with Gasteiger partial charge in [-0.3, -0.25) is 0 Å². The predicted octanol–water partition coefficient (Wildman–Crippen LogP) is 5.17. The molecule has 1 aliphatic rings. The van der Waals surface area contributed by atoms with Gasteiger partial charge in [-0.1, -0.05) is 38.5 Å². The van der Waals surface area contributed by atoms with Gasteiger partial charge in [0.2, 0.25) is 0 Å². The molecule has 0 saturated carbocycles. The molecule has 1 aromatic carbocycles. The van der Waals surface area contributed by atoms with E-state index in [1.165, 1.54) is 33.5 Å². The van der Waals surface area contributed by atoms with E-state index >= 15 is 0 Å². The van der Waals surface area contributed by atoms with Crippen LogP contribution in [-0.4, -0.2) is 14.1 Å². The highest BCUT2D eigenvalue weighted by atomic mass is 15.1. The van der Waals surface area contributed by atoms with E-state index in [1.54, 1.807) is 0 Å². The maximum absolute atomic E-state index is 2.35. The van der Waals surface area contributed by atoms with Crippen LogP contribution in [0.5, 0.6) is 0 Å². The van der Waals surface area contributed by atoms with Crippen LogP contribution in [0.25, 0.3) is 5.57 Å². The summed E-state index contributed by atoms with van der Waals surface area (Å²) in [6.45, 7) is 11.4.